The highest BCUT2D eigenvalue weighted by molar-refractivity contribution is 14.1. The van der Waals surface area contributed by atoms with Crippen LogP contribution in [0.25, 0.3) is 0 Å². The van der Waals surface area contributed by atoms with E-state index in [-0.39, 0.29) is 19.0 Å². The maximum atomic E-state index is 11.8. The summed E-state index contributed by atoms with van der Waals surface area (Å²) in [4.78, 5) is 23.6. The van der Waals surface area contributed by atoms with E-state index in [4.69, 9.17) is 9.84 Å². The fourth-order valence-electron chi connectivity index (χ4n) is 1.34. The van der Waals surface area contributed by atoms with E-state index in [0.717, 1.165) is 3.57 Å². The monoisotopic (exact) mass is 378 g/mol. The second-order valence-corrected chi connectivity index (χ2v) is 5.09. The van der Waals surface area contributed by atoms with Gasteiger partial charge < -0.3 is 20.1 Å². The first-order chi connectivity index (χ1) is 8.93. The topological polar surface area (TPSA) is 78.9 Å². The molecule has 0 atom stereocenters. The molecule has 7 heteroatoms. The number of halogens is 1. The molecule has 2 N–H and O–H groups in total. The number of rotatable bonds is 5. The Hall–Kier alpha value is -1.51. The minimum atomic E-state index is -0.938. The van der Waals surface area contributed by atoms with E-state index >= 15 is 0 Å². The van der Waals surface area contributed by atoms with Gasteiger partial charge in [-0.05, 0) is 40.8 Å². The number of carboxylic acid groups (broad SMARTS) is 1. The summed E-state index contributed by atoms with van der Waals surface area (Å²) in [6, 6.07) is 5.01. The van der Waals surface area contributed by atoms with Crippen LogP contribution in [0.15, 0.2) is 18.2 Å². The summed E-state index contributed by atoms with van der Waals surface area (Å²) in [5, 5.41) is 11.2. The predicted molar refractivity (Wildman–Crippen MR) is 79.6 cm³/mol. The minimum Gasteiger partial charge on any atom is -0.495 e. The Balaban J connectivity index is 2.68. The van der Waals surface area contributed by atoms with E-state index in [1.807, 2.05) is 6.07 Å². The fourth-order valence-corrected chi connectivity index (χ4v) is 1.81. The number of carboxylic acids is 1. The number of urea groups is 1. The molecule has 19 heavy (non-hydrogen) atoms. The van der Waals surface area contributed by atoms with Crippen LogP contribution in [0.4, 0.5) is 10.5 Å². The van der Waals surface area contributed by atoms with Crippen LogP contribution in [-0.2, 0) is 4.79 Å². The third kappa shape index (κ3) is 4.93. The molecule has 0 aliphatic carbocycles. The maximum Gasteiger partial charge on any atom is 0.321 e. The van der Waals surface area contributed by atoms with Gasteiger partial charge in [0.2, 0.25) is 0 Å². The Labute approximate surface area is 124 Å². The first-order valence-electron chi connectivity index (χ1n) is 5.51. The lowest BCUT2D eigenvalue weighted by Crippen LogP contribution is -2.33. The summed E-state index contributed by atoms with van der Waals surface area (Å²) in [6.07, 6.45) is -0.0895. The van der Waals surface area contributed by atoms with Crippen molar-refractivity contribution >= 4 is 40.3 Å². The molecule has 2 amide bonds. The van der Waals surface area contributed by atoms with Gasteiger partial charge >= 0.3 is 12.0 Å². The van der Waals surface area contributed by atoms with Gasteiger partial charge in [-0.2, -0.15) is 0 Å². The Morgan fingerprint density at radius 3 is 2.74 bits per heavy atom. The third-order valence-electron chi connectivity index (χ3n) is 2.41. The average molecular weight is 378 g/mol. The number of anilines is 1. The smallest absolute Gasteiger partial charge is 0.321 e. The van der Waals surface area contributed by atoms with Crippen LogP contribution < -0.4 is 10.1 Å². The van der Waals surface area contributed by atoms with Crippen LogP contribution in [0.5, 0.6) is 5.75 Å². The molecule has 1 rings (SSSR count). The molecule has 0 unspecified atom stereocenters. The number of methoxy groups -OCH3 is 1. The summed E-state index contributed by atoms with van der Waals surface area (Å²) >= 11 is 2.14. The van der Waals surface area contributed by atoms with Crippen molar-refractivity contribution in [3.63, 3.8) is 0 Å². The fraction of sp³-hybridized carbons (Fsp3) is 0.333. The van der Waals surface area contributed by atoms with E-state index in [1.165, 1.54) is 19.1 Å². The SMILES string of the molecule is COc1cc(I)ccc1NC(=O)N(C)CCC(=O)O. The van der Waals surface area contributed by atoms with E-state index in [9.17, 15) is 9.59 Å². The normalized spacial score (nSPS) is 9.84. The van der Waals surface area contributed by atoms with E-state index in [2.05, 4.69) is 27.9 Å². The number of hydrogen-bond donors (Lipinski definition) is 2. The molecule has 0 aliphatic rings. The van der Waals surface area contributed by atoms with Gasteiger partial charge in [0.1, 0.15) is 5.75 Å². The largest absolute Gasteiger partial charge is 0.495 e. The van der Waals surface area contributed by atoms with Crippen molar-refractivity contribution in [2.45, 2.75) is 6.42 Å². The standard InChI is InChI=1S/C12H15IN2O4/c1-15(6-5-11(16)17)12(18)14-9-4-3-8(13)7-10(9)19-2/h3-4,7H,5-6H2,1-2H3,(H,14,18)(H,16,17). The summed E-state index contributed by atoms with van der Waals surface area (Å²) in [5.41, 5.74) is 0.551. The summed E-state index contributed by atoms with van der Waals surface area (Å²) in [5.74, 6) is -0.377. The van der Waals surface area contributed by atoms with Crippen molar-refractivity contribution in [3.05, 3.63) is 21.8 Å². The number of hydrogen-bond acceptors (Lipinski definition) is 3. The predicted octanol–water partition coefficient (Wildman–Crippen LogP) is 2.24. The molecule has 1 aromatic rings. The number of aliphatic carboxylic acids is 1. The van der Waals surface area contributed by atoms with E-state index in [1.54, 1.807) is 12.1 Å². The Bertz CT molecular complexity index is 479. The van der Waals surface area contributed by atoms with Crippen LogP contribution in [0, 0.1) is 3.57 Å². The summed E-state index contributed by atoms with van der Waals surface area (Å²) in [6.45, 7) is 0.147. The molecule has 0 radical (unpaired) electrons. The number of nitrogens with one attached hydrogen (secondary N) is 1. The Morgan fingerprint density at radius 2 is 2.16 bits per heavy atom. The molecular weight excluding hydrogens is 363 g/mol. The lowest BCUT2D eigenvalue weighted by molar-refractivity contribution is -0.137. The van der Waals surface area contributed by atoms with Gasteiger partial charge in [-0.3, -0.25) is 4.79 Å². The zero-order valence-corrected chi connectivity index (χ0v) is 12.8. The van der Waals surface area contributed by atoms with Crippen molar-refractivity contribution < 1.29 is 19.4 Å². The van der Waals surface area contributed by atoms with Crippen molar-refractivity contribution in [2.75, 3.05) is 26.0 Å². The summed E-state index contributed by atoms with van der Waals surface area (Å²) < 4.78 is 6.17. The van der Waals surface area contributed by atoms with Crippen LogP contribution in [0.2, 0.25) is 0 Å². The molecule has 0 aliphatic heterocycles. The molecule has 1 aromatic carbocycles. The van der Waals surface area contributed by atoms with Crippen LogP contribution in [0.3, 0.4) is 0 Å². The van der Waals surface area contributed by atoms with Crippen molar-refractivity contribution in [2.24, 2.45) is 0 Å². The Kier molecular flexibility index (Phi) is 5.87. The van der Waals surface area contributed by atoms with Gasteiger partial charge in [0, 0.05) is 17.2 Å². The first kappa shape index (κ1) is 15.5. The highest BCUT2D eigenvalue weighted by atomic mass is 127. The highest BCUT2D eigenvalue weighted by Crippen LogP contribution is 2.26. The number of ether oxygens (including phenoxy) is 1. The molecule has 0 saturated heterocycles. The second kappa shape index (κ2) is 7.17. The highest BCUT2D eigenvalue weighted by Gasteiger charge is 2.12. The summed E-state index contributed by atoms with van der Waals surface area (Å²) in [7, 11) is 3.06. The third-order valence-corrected chi connectivity index (χ3v) is 3.08. The lowest BCUT2D eigenvalue weighted by atomic mass is 10.3. The molecule has 0 saturated carbocycles. The van der Waals surface area contributed by atoms with Gasteiger partial charge in [0.05, 0.1) is 19.2 Å². The van der Waals surface area contributed by atoms with E-state index in [0.29, 0.717) is 11.4 Å². The van der Waals surface area contributed by atoms with Gasteiger partial charge in [0.25, 0.3) is 0 Å². The number of carbonyl (C=O) groups excluding carboxylic acids is 1. The minimum absolute atomic E-state index is 0.0895. The zero-order chi connectivity index (χ0) is 14.4. The molecule has 0 spiro atoms. The van der Waals surface area contributed by atoms with Gasteiger partial charge in [-0.15, -0.1) is 0 Å². The van der Waals surface area contributed by atoms with Crippen LogP contribution in [-0.4, -0.2) is 42.7 Å². The van der Waals surface area contributed by atoms with Crippen molar-refractivity contribution in [3.8, 4) is 5.75 Å². The Morgan fingerprint density at radius 1 is 1.47 bits per heavy atom. The van der Waals surface area contributed by atoms with Gasteiger partial charge in [0.15, 0.2) is 0 Å². The molecule has 0 aromatic heterocycles. The van der Waals surface area contributed by atoms with Gasteiger partial charge in [-0.25, -0.2) is 4.79 Å². The maximum absolute atomic E-state index is 11.8. The van der Waals surface area contributed by atoms with Crippen LogP contribution >= 0.6 is 22.6 Å². The quantitative estimate of drug-likeness (QED) is 0.771. The number of benzene rings is 1. The number of nitrogens with zero attached hydrogens (tertiary/aromatic N) is 1. The number of carbonyl (C=O) groups is 2. The molecule has 0 fully saturated rings. The second-order valence-electron chi connectivity index (χ2n) is 3.84. The molecule has 104 valence electrons. The molecular formula is C12H15IN2O4. The van der Waals surface area contributed by atoms with Crippen molar-refractivity contribution in [1.82, 2.24) is 4.90 Å². The van der Waals surface area contributed by atoms with Crippen molar-refractivity contribution in [1.29, 1.82) is 0 Å². The van der Waals surface area contributed by atoms with E-state index < -0.39 is 5.97 Å². The zero-order valence-electron chi connectivity index (χ0n) is 10.6. The average Bonchev–Trinajstić information content (AvgIpc) is 2.37. The van der Waals surface area contributed by atoms with Gasteiger partial charge in [-0.1, -0.05) is 0 Å². The lowest BCUT2D eigenvalue weighted by Gasteiger charge is -2.18. The number of amides is 2. The first-order valence-corrected chi connectivity index (χ1v) is 6.59. The van der Waals surface area contributed by atoms with Crippen LogP contribution in [0.1, 0.15) is 6.42 Å². The molecule has 0 bridgehead atoms. The molecule has 0 heterocycles. The molecule has 6 nitrogen and oxygen atoms in total.